The van der Waals surface area contributed by atoms with Crippen LogP contribution in [0.2, 0.25) is 0 Å². The van der Waals surface area contributed by atoms with Crippen molar-refractivity contribution in [2.75, 3.05) is 16.8 Å². The molecule has 2 rings (SSSR count). The standard InChI is InChI=1S/C18H22N2OS/c19-15-8-7-9-16(14-15)20-18(21)12-5-2-6-13-22-17-10-3-1-4-11-17/h1,3-4,7-11,14H,2,5-6,12-13,19H2,(H,20,21). The maximum atomic E-state index is 11.8. The van der Waals surface area contributed by atoms with Crippen molar-refractivity contribution < 1.29 is 4.79 Å². The Kier molecular flexibility index (Phi) is 6.84. The van der Waals surface area contributed by atoms with Gasteiger partial charge in [0.05, 0.1) is 0 Å². The highest BCUT2D eigenvalue weighted by atomic mass is 32.2. The van der Waals surface area contributed by atoms with E-state index >= 15 is 0 Å². The Morgan fingerprint density at radius 2 is 1.82 bits per heavy atom. The van der Waals surface area contributed by atoms with Gasteiger partial charge in [0, 0.05) is 22.7 Å². The van der Waals surface area contributed by atoms with Crippen LogP contribution in [-0.4, -0.2) is 11.7 Å². The van der Waals surface area contributed by atoms with Gasteiger partial charge in [-0.2, -0.15) is 0 Å². The second-order valence-corrected chi connectivity index (χ2v) is 6.31. The molecule has 0 bridgehead atoms. The van der Waals surface area contributed by atoms with Crippen molar-refractivity contribution in [3.8, 4) is 0 Å². The molecule has 2 aromatic carbocycles. The minimum Gasteiger partial charge on any atom is -0.399 e. The molecule has 3 N–H and O–H groups in total. The van der Waals surface area contributed by atoms with Crippen LogP contribution in [-0.2, 0) is 4.79 Å². The number of nitrogens with two attached hydrogens (primary N) is 1. The number of carbonyl (C=O) groups excluding carboxylic acids is 1. The molecule has 0 radical (unpaired) electrons. The number of nitrogen functional groups attached to an aromatic ring is 1. The Hall–Kier alpha value is -1.94. The Balaban J connectivity index is 1.56. The summed E-state index contributed by atoms with van der Waals surface area (Å²) in [5.41, 5.74) is 7.11. The van der Waals surface area contributed by atoms with Gasteiger partial charge in [-0.05, 0) is 48.9 Å². The predicted molar refractivity (Wildman–Crippen MR) is 95.1 cm³/mol. The number of rotatable bonds is 8. The molecule has 0 aliphatic rings. The van der Waals surface area contributed by atoms with E-state index in [4.69, 9.17) is 5.73 Å². The monoisotopic (exact) mass is 314 g/mol. The maximum Gasteiger partial charge on any atom is 0.224 e. The van der Waals surface area contributed by atoms with Crippen molar-refractivity contribution in [1.82, 2.24) is 0 Å². The summed E-state index contributed by atoms with van der Waals surface area (Å²) in [7, 11) is 0. The topological polar surface area (TPSA) is 55.1 Å². The molecule has 22 heavy (non-hydrogen) atoms. The van der Waals surface area contributed by atoms with Crippen molar-refractivity contribution in [3.63, 3.8) is 0 Å². The number of benzene rings is 2. The van der Waals surface area contributed by atoms with Gasteiger partial charge in [0.25, 0.3) is 0 Å². The van der Waals surface area contributed by atoms with Gasteiger partial charge < -0.3 is 11.1 Å². The number of anilines is 2. The number of thioether (sulfide) groups is 1. The van der Waals surface area contributed by atoms with Crippen molar-refractivity contribution in [1.29, 1.82) is 0 Å². The fraction of sp³-hybridized carbons (Fsp3) is 0.278. The zero-order chi connectivity index (χ0) is 15.6. The van der Waals surface area contributed by atoms with Crippen molar-refractivity contribution in [2.45, 2.75) is 30.6 Å². The minimum atomic E-state index is 0.0568. The van der Waals surface area contributed by atoms with E-state index in [1.54, 1.807) is 12.1 Å². The van der Waals surface area contributed by atoms with Crippen molar-refractivity contribution in [3.05, 3.63) is 54.6 Å². The van der Waals surface area contributed by atoms with Crippen LogP contribution in [0.5, 0.6) is 0 Å². The first-order chi connectivity index (χ1) is 10.7. The van der Waals surface area contributed by atoms with Gasteiger partial charge in [-0.1, -0.05) is 30.7 Å². The van der Waals surface area contributed by atoms with Gasteiger partial charge in [0.2, 0.25) is 5.91 Å². The zero-order valence-electron chi connectivity index (χ0n) is 12.6. The van der Waals surface area contributed by atoms with E-state index in [1.165, 1.54) is 4.90 Å². The van der Waals surface area contributed by atoms with Crippen LogP contribution >= 0.6 is 11.8 Å². The van der Waals surface area contributed by atoms with Gasteiger partial charge in [0.15, 0.2) is 0 Å². The lowest BCUT2D eigenvalue weighted by atomic mass is 10.2. The molecule has 3 nitrogen and oxygen atoms in total. The lowest BCUT2D eigenvalue weighted by Crippen LogP contribution is -2.11. The first-order valence-electron chi connectivity index (χ1n) is 7.57. The smallest absolute Gasteiger partial charge is 0.224 e. The molecule has 0 saturated carbocycles. The average molecular weight is 314 g/mol. The van der Waals surface area contributed by atoms with E-state index < -0.39 is 0 Å². The van der Waals surface area contributed by atoms with Gasteiger partial charge in [-0.15, -0.1) is 11.8 Å². The van der Waals surface area contributed by atoms with E-state index in [2.05, 4.69) is 29.6 Å². The zero-order valence-corrected chi connectivity index (χ0v) is 13.4. The summed E-state index contributed by atoms with van der Waals surface area (Å²) in [6, 6.07) is 17.7. The van der Waals surface area contributed by atoms with Gasteiger partial charge >= 0.3 is 0 Å². The van der Waals surface area contributed by atoms with Gasteiger partial charge in [0.1, 0.15) is 0 Å². The summed E-state index contributed by atoms with van der Waals surface area (Å²) >= 11 is 1.87. The third-order valence-corrected chi connectivity index (χ3v) is 4.33. The number of unbranched alkanes of at least 4 members (excludes halogenated alkanes) is 2. The second kappa shape index (κ2) is 9.15. The summed E-state index contributed by atoms with van der Waals surface area (Å²) in [5.74, 6) is 1.15. The normalized spacial score (nSPS) is 10.4. The van der Waals surface area contributed by atoms with E-state index in [0.717, 1.165) is 30.7 Å². The largest absolute Gasteiger partial charge is 0.399 e. The molecule has 0 fully saturated rings. The fourth-order valence-electron chi connectivity index (χ4n) is 2.11. The molecule has 0 spiro atoms. The summed E-state index contributed by atoms with van der Waals surface area (Å²) in [4.78, 5) is 13.1. The summed E-state index contributed by atoms with van der Waals surface area (Å²) < 4.78 is 0. The molecule has 4 heteroatoms. The summed E-state index contributed by atoms with van der Waals surface area (Å²) in [6.07, 6.45) is 3.68. The number of amides is 1. The Bertz CT molecular complexity index is 587. The highest BCUT2D eigenvalue weighted by Crippen LogP contribution is 2.19. The fourth-order valence-corrected chi connectivity index (χ4v) is 3.04. The van der Waals surface area contributed by atoms with Crippen LogP contribution in [0.1, 0.15) is 25.7 Å². The first-order valence-corrected chi connectivity index (χ1v) is 8.56. The van der Waals surface area contributed by atoms with Crippen molar-refractivity contribution >= 4 is 29.0 Å². The SMILES string of the molecule is Nc1cccc(NC(=O)CCCCCSc2ccccc2)c1. The molecule has 0 aromatic heterocycles. The van der Waals surface area contributed by atoms with Gasteiger partial charge in [-0.3, -0.25) is 4.79 Å². The molecular formula is C18H22N2OS. The van der Waals surface area contributed by atoms with Crippen molar-refractivity contribution in [2.24, 2.45) is 0 Å². The molecule has 0 aliphatic heterocycles. The Morgan fingerprint density at radius 3 is 2.59 bits per heavy atom. The molecule has 0 unspecified atom stereocenters. The van der Waals surface area contributed by atoms with Crippen LogP contribution in [0.3, 0.4) is 0 Å². The lowest BCUT2D eigenvalue weighted by molar-refractivity contribution is -0.116. The maximum absolute atomic E-state index is 11.8. The number of hydrogen-bond acceptors (Lipinski definition) is 3. The van der Waals surface area contributed by atoms with Crippen LogP contribution in [0, 0.1) is 0 Å². The Labute approximate surface area is 136 Å². The molecule has 0 heterocycles. The predicted octanol–water partition coefficient (Wildman–Crippen LogP) is 4.56. The number of carbonyl (C=O) groups is 1. The molecule has 0 atom stereocenters. The Morgan fingerprint density at radius 1 is 1.00 bits per heavy atom. The molecule has 0 aliphatic carbocycles. The minimum absolute atomic E-state index is 0.0568. The quantitative estimate of drug-likeness (QED) is 0.426. The summed E-state index contributed by atoms with van der Waals surface area (Å²) in [5, 5.41) is 2.88. The van der Waals surface area contributed by atoms with E-state index in [0.29, 0.717) is 12.1 Å². The van der Waals surface area contributed by atoms with Crippen LogP contribution in [0.15, 0.2) is 59.5 Å². The molecular weight excluding hydrogens is 292 g/mol. The number of hydrogen-bond donors (Lipinski definition) is 2. The summed E-state index contributed by atoms with van der Waals surface area (Å²) in [6.45, 7) is 0. The lowest BCUT2D eigenvalue weighted by Gasteiger charge is -2.06. The molecule has 0 saturated heterocycles. The van der Waals surface area contributed by atoms with E-state index in [9.17, 15) is 4.79 Å². The highest BCUT2D eigenvalue weighted by Gasteiger charge is 2.02. The van der Waals surface area contributed by atoms with Crippen LogP contribution < -0.4 is 11.1 Å². The van der Waals surface area contributed by atoms with Crippen LogP contribution in [0.4, 0.5) is 11.4 Å². The second-order valence-electron chi connectivity index (χ2n) is 5.15. The van der Waals surface area contributed by atoms with Gasteiger partial charge in [-0.25, -0.2) is 0 Å². The van der Waals surface area contributed by atoms with E-state index in [-0.39, 0.29) is 5.91 Å². The van der Waals surface area contributed by atoms with Crippen LogP contribution in [0.25, 0.3) is 0 Å². The first kappa shape index (κ1) is 16.4. The highest BCUT2D eigenvalue weighted by molar-refractivity contribution is 7.99. The third-order valence-electron chi connectivity index (χ3n) is 3.23. The molecule has 2 aromatic rings. The average Bonchev–Trinajstić information content (AvgIpc) is 2.52. The van der Waals surface area contributed by atoms with E-state index in [1.807, 2.05) is 30.0 Å². The third kappa shape index (κ3) is 6.22. The molecule has 116 valence electrons. The molecule has 1 amide bonds. The number of nitrogens with one attached hydrogen (secondary N) is 1.